The van der Waals surface area contributed by atoms with Gasteiger partial charge in [0.2, 0.25) is 0 Å². The molecule has 2 amide bonds. The van der Waals surface area contributed by atoms with E-state index in [0.717, 1.165) is 25.9 Å². The number of hydrogen-bond acceptors (Lipinski definition) is 6. The van der Waals surface area contributed by atoms with Crippen LogP contribution in [0.5, 0.6) is 0 Å². The number of benzene rings is 1. The molecule has 1 heterocycles. The van der Waals surface area contributed by atoms with E-state index in [4.69, 9.17) is 17.0 Å². The summed E-state index contributed by atoms with van der Waals surface area (Å²) in [5.41, 5.74) is 1.05. The van der Waals surface area contributed by atoms with Crippen molar-refractivity contribution in [1.29, 1.82) is 0 Å². The Morgan fingerprint density at radius 3 is 2.41 bits per heavy atom. The summed E-state index contributed by atoms with van der Waals surface area (Å²) in [6.07, 6.45) is 2.24. The van der Waals surface area contributed by atoms with Gasteiger partial charge >= 0.3 is 5.97 Å². The lowest BCUT2D eigenvalue weighted by Crippen LogP contribution is -2.25. The first-order chi connectivity index (χ1) is 12.9. The van der Waals surface area contributed by atoms with Crippen molar-refractivity contribution in [3.05, 3.63) is 29.8 Å². The van der Waals surface area contributed by atoms with Gasteiger partial charge in [-0.05, 0) is 37.1 Å². The summed E-state index contributed by atoms with van der Waals surface area (Å²) in [6.45, 7) is 1.50. The van der Waals surface area contributed by atoms with Crippen LogP contribution in [0, 0.1) is 0 Å². The van der Waals surface area contributed by atoms with Gasteiger partial charge in [-0.15, -0.1) is 0 Å². The van der Waals surface area contributed by atoms with E-state index in [1.807, 2.05) is 0 Å². The van der Waals surface area contributed by atoms with Crippen LogP contribution >= 0.6 is 24.0 Å². The summed E-state index contributed by atoms with van der Waals surface area (Å²) < 4.78 is 5.67. The number of esters is 1. The number of likely N-dealkylation sites (tertiary alicyclic amines) is 1. The molecule has 0 aliphatic carbocycles. The van der Waals surface area contributed by atoms with Crippen molar-refractivity contribution in [3.8, 4) is 0 Å². The number of ether oxygens (including phenoxy) is 1. The summed E-state index contributed by atoms with van der Waals surface area (Å²) in [7, 11) is 3.34. The van der Waals surface area contributed by atoms with Crippen LogP contribution in [0.15, 0.2) is 24.3 Å². The number of thiocarbonyl (C=S) groups is 1. The zero-order chi connectivity index (χ0) is 19.8. The van der Waals surface area contributed by atoms with Crippen LogP contribution in [0.25, 0.3) is 0 Å². The summed E-state index contributed by atoms with van der Waals surface area (Å²) in [5.74, 6) is -0.957. The van der Waals surface area contributed by atoms with Gasteiger partial charge in [0, 0.05) is 38.4 Å². The van der Waals surface area contributed by atoms with Crippen molar-refractivity contribution in [2.75, 3.05) is 44.9 Å². The highest BCUT2D eigenvalue weighted by atomic mass is 32.2. The van der Waals surface area contributed by atoms with Gasteiger partial charge in [-0.2, -0.15) is 0 Å². The Bertz CT molecular complexity index is 701. The summed E-state index contributed by atoms with van der Waals surface area (Å²) in [6, 6.07) is 6.50. The van der Waals surface area contributed by atoms with E-state index in [-0.39, 0.29) is 18.3 Å². The molecule has 1 saturated heterocycles. The second-order valence-electron chi connectivity index (χ2n) is 6.23. The lowest BCUT2D eigenvalue weighted by Gasteiger charge is -2.17. The Hall–Kier alpha value is -2.13. The first-order valence-corrected chi connectivity index (χ1v) is 9.95. The molecule has 27 heavy (non-hydrogen) atoms. The molecule has 1 aliphatic rings. The third-order valence-electron chi connectivity index (χ3n) is 3.86. The van der Waals surface area contributed by atoms with E-state index < -0.39 is 11.9 Å². The second kappa shape index (κ2) is 10.3. The van der Waals surface area contributed by atoms with Crippen LogP contribution in [0.3, 0.4) is 0 Å². The first kappa shape index (κ1) is 21.2. The highest BCUT2D eigenvalue weighted by Gasteiger charge is 2.17. The molecule has 0 atom stereocenters. The van der Waals surface area contributed by atoms with Crippen molar-refractivity contribution in [2.24, 2.45) is 0 Å². The summed E-state index contributed by atoms with van der Waals surface area (Å²) >= 11 is 6.53. The number of hydrogen-bond donors (Lipinski definition) is 1. The highest BCUT2D eigenvalue weighted by molar-refractivity contribution is 8.23. The van der Waals surface area contributed by atoms with Gasteiger partial charge in [0.05, 0.1) is 5.75 Å². The molecule has 1 fully saturated rings. The van der Waals surface area contributed by atoms with Gasteiger partial charge in [0.25, 0.3) is 11.8 Å². The van der Waals surface area contributed by atoms with E-state index >= 15 is 0 Å². The van der Waals surface area contributed by atoms with Crippen LogP contribution in [-0.4, -0.2) is 71.4 Å². The van der Waals surface area contributed by atoms with Crippen LogP contribution in [-0.2, 0) is 14.3 Å². The van der Waals surface area contributed by atoms with Crippen molar-refractivity contribution in [2.45, 2.75) is 12.8 Å². The molecular formula is C18H23N3O4S2. The zero-order valence-electron chi connectivity index (χ0n) is 15.4. The quantitative estimate of drug-likeness (QED) is 0.568. The SMILES string of the molecule is CN(C)C(=O)c1ccc(NC(=O)COC(=O)CSC(=S)N2CCCC2)cc1. The molecule has 0 radical (unpaired) electrons. The maximum atomic E-state index is 11.9. The third-order valence-corrected chi connectivity index (χ3v) is 5.36. The number of anilines is 1. The normalized spacial score (nSPS) is 13.2. The minimum absolute atomic E-state index is 0.0873. The van der Waals surface area contributed by atoms with Crippen LogP contribution < -0.4 is 5.32 Å². The van der Waals surface area contributed by atoms with E-state index in [2.05, 4.69) is 10.2 Å². The molecule has 2 rings (SSSR count). The number of thioether (sulfide) groups is 1. The van der Waals surface area contributed by atoms with Crippen molar-refractivity contribution in [3.63, 3.8) is 0 Å². The number of carbonyl (C=O) groups excluding carboxylic acids is 3. The molecule has 1 aromatic carbocycles. The Labute approximate surface area is 168 Å². The van der Waals surface area contributed by atoms with Gasteiger partial charge in [0.1, 0.15) is 4.32 Å². The fourth-order valence-electron chi connectivity index (χ4n) is 2.45. The van der Waals surface area contributed by atoms with E-state index in [1.165, 1.54) is 16.7 Å². The number of carbonyl (C=O) groups is 3. The largest absolute Gasteiger partial charge is 0.455 e. The van der Waals surface area contributed by atoms with Crippen molar-refractivity contribution >= 4 is 51.8 Å². The molecule has 146 valence electrons. The number of nitrogens with one attached hydrogen (secondary N) is 1. The third kappa shape index (κ3) is 6.84. The molecular weight excluding hydrogens is 386 g/mol. The Balaban J connectivity index is 1.70. The predicted octanol–water partition coefficient (Wildman–Crippen LogP) is 1.98. The minimum atomic E-state index is -0.483. The Morgan fingerprint density at radius 2 is 1.81 bits per heavy atom. The average Bonchev–Trinajstić information content (AvgIpc) is 3.19. The molecule has 1 N–H and O–H groups in total. The van der Waals surface area contributed by atoms with Crippen LogP contribution in [0.2, 0.25) is 0 Å². The maximum Gasteiger partial charge on any atom is 0.316 e. The Kier molecular flexibility index (Phi) is 8.05. The molecule has 0 spiro atoms. The molecule has 1 aliphatic heterocycles. The topological polar surface area (TPSA) is 79.0 Å². The second-order valence-corrected chi connectivity index (χ2v) is 7.84. The van der Waals surface area contributed by atoms with Gasteiger partial charge in [-0.25, -0.2) is 0 Å². The lowest BCUT2D eigenvalue weighted by atomic mass is 10.2. The van der Waals surface area contributed by atoms with Crippen LogP contribution in [0.4, 0.5) is 5.69 Å². The molecule has 0 bridgehead atoms. The fraction of sp³-hybridized carbons (Fsp3) is 0.444. The molecule has 9 heteroatoms. The Morgan fingerprint density at radius 1 is 1.19 bits per heavy atom. The molecule has 0 aromatic heterocycles. The predicted molar refractivity (Wildman–Crippen MR) is 110 cm³/mol. The number of nitrogens with zero attached hydrogens (tertiary/aromatic N) is 2. The van der Waals surface area contributed by atoms with Gasteiger partial charge in [0.15, 0.2) is 6.61 Å². The maximum absolute atomic E-state index is 11.9. The minimum Gasteiger partial charge on any atom is -0.455 e. The molecule has 0 saturated carbocycles. The summed E-state index contributed by atoms with van der Waals surface area (Å²) in [5, 5.41) is 2.62. The molecule has 0 unspecified atom stereocenters. The smallest absolute Gasteiger partial charge is 0.316 e. The first-order valence-electron chi connectivity index (χ1n) is 8.55. The van der Waals surface area contributed by atoms with Gasteiger partial charge in [-0.3, -0.25) is 14.4 Å². The molecule has 7 nitrogen and oxygen atoms in total. The number of amides is 2. The highest BCUT2D eigenvalue weighted by Crippen LogP contribution is 2.16. The zero-order valence-corrected chi connectivity index (χ0v) is 17.0. The van der Waals surface area contributed by atoms with E-state index in [0.29, 0.717) is 15.6 Å². The van der Waals surface area contributed by atoms with Gasteiger partial charge in [-0.1, -0.05) is 24.0 Å². The molecule has 1 aromatic rings. The average molecular weight is 410 g/mol. The van der Waals surface area contributed by atoms with Crippen molar-refractivity contribution < 1.29 is 19.1 Å². The van der Waals surface area contributed by atoms with Crippen LogP contribution in [0.1, 0.15) is 23.2 Å². The van der Waals surface area contributed by atoms with E-state index in [9.17, 15) is 14.4 Å². The lowest BCUT2D eigenvalue weighted by molar-refractivity contribution is -0.144. The fourth-order valence-corrected chi connectivity index (χ4v) is 3.50. The van der Waals surface area contributed by atoms with E-state index in [1.54, 1.807) is 38.4 Å². The van der Waals surface area contributed by atoms with Crippen molar-refractivity contribution in [1.82, 2.24) is 9.80 Å². The monoisotopic (exact) mass is 409 g/mol. The van der Waals surface area contributed by atoms with Gasteiger partial charge < -0.3 is 19.9 Å². The number of rotatable bonds is 6. The summed E-state index contributed by atoms with van der Waals surface area (Å²) in [4.78, 5) is 39.0. The standard InChI is InChI=1S/C18H23N3O4S2/c1-20(2)17(24)13-5-7-14(8-6-13)19-15(22)11-25-16(23)12-27-18(26)21-9-3-4-10-21/h5-8H,3-4,9-12H2,1-2H3,(H,19,22).